The molecule has 0 spiro atoms. The molecule has 0 bridgehead atoms. The summed E-state index contributed by atoms with van der Waals surface area (Å²) >= 11 is 0. The topological polar surface area (TPSA) is 73.6 Å². The minimum atomic E-state index is -1.03. The zero-order valence-electron chi connectivity index (χ0n) is 10.9. The lowest BCUT2D eigenvalue weighted by Gasteiger charge is -2.11. The van der Waals surface area contributed by atoms with Crippen molar-refractivity contribution in [2.75, 3.05) is 14.2 Å². The molecular formula is C13H14N2O4. The molecule has 1 aromatic carbocycles. The van der Waals surface area contributed by atoms with Gasteiger partial charge in [0, 0.05) is 18.7 Å². The molecule has 2 aromatic rings. The highest BCUT2D eigenvalue weighted by molar-refractivity contribution is 5.95. The summed E-state index contributed by atoms with van der Waals surface area (Å²) in [6.07, 6.45) is 1.32. The van der Waals surface area contributed by atoms with Crippen LogP contribution in [0.25, 0.3) is 11.3 Å². The number of aryl methyl sites for hydroxylation is 1. The highest BCUT2D eigenvalue weighted by Crippen LogP contribution is 2.34. The van der Waals surface area contributed by atoms with Gasteiger partial charge < -0.3 is 14.6 Å². The van der Waals surface area contributed by atoms with E-state index in [0.29, 0.717) is 22.8 Å². The molecule has 19 heavy (non-hydrogen) atoms. The summed E-state index contributed by atoms with van der Waals surface area (Å²) in [4.78, 5) is 11.2. The van der Waals surface area contributed by atoms with Crippen molar-refractivity contribution < 1.29 is 19.4 Å². The molecule has 0 aliphatic heterocycles. The van der Waals surface area contributed by atoms with Crippen molar-refractivity contribution in [1.82, 2.24) is 9.78 Å². The van der Waals surface area contributed by atoms with E-state index in [1.807, 2.05) is 0 Å². The predicted octanol–water partition coefficient (Wildman–Crippen LogP) is 1.80. The Labute approximate surface area is 110 Å². The standard InChI is InChI=1S/C13H14N2O4/c1-15-12(10(7-14-15)13(16)17)9-5-4-8(18-2)6-11(9)19-3/h4-7H,1-3H3,(H,16,17). The molecule has 100 valence electrons. The molecule has 0 saturated carbocycles. The molecule has 0 amide bonds. The lowest BCUT2D eigenvalue weighted by atomic mass is 10.1. The second kappa shape index (κ2) is 5.01. The molecule has 1 heterocycles. The van der Waals surface area contributed by atoms with Crippen LogP contribution in [-0.4, -0.2) is 35.1 Å². The first kappa shape index (κ1) is 12.9. The summed E-state index contributed by atoms with van der Waals surface area (Å²) in [6.45, 7) is 0. The molecule has 0 aliphatic rings. The summed E-state index contributed by atoms with van der Waals surface area (Å²) < 4.78 is 11.9. The number of benzene rings is 1. The number of carbonyl (C=O) groups is 1. The number of carboxylic acids is 1. The van der Waals surface area contributed by atoms with Crippen molar-refractivity contribution in [3.05, 3.63) is 30.0 Å². The first-order valence-electron chi connectivity index (χ1n) is 5.56. The van der Waals surface area contributed by atoms with E-state index in [-0.39, 0.29) is 5.56 Å². The summed E-state index contributed by atoms with van der Waals surface area (Å²) in [6, 6.07) is 5.20. The van der Waals surface area contributed by atoms with Crippen molar-refractivity contribution in [1.29, 1.82) is 0 Å². The van der Waals surface area contributed by atoms with Gasteiger partial charge in [-0.2, -0.15) is 5.10 Å². The molecule has 6 nitrogen and oxygen atoms in total. The van der Waals surface area contributed by atoms with E-state index in [1.165, 1.54) is 18.0 Å². The molecule has 2 rings (SSSR count). The van der Waals surface area contributed by atoms with E-state index in [9.17, 15) is 9.90 Å². The van der Waals surface area contributed by atoms with Crippen LogP contribution >= 0.6 is 0 Å². The van der Waals surface area contributed by atoms with Crippen molar-refractivity contribution in [2.45, 2.75) is 0 Å². The number of carboxylic acid groups (broad SMARTS) is 1. The Bertz CT molecular complexity index is 619. The number of aromatic carboxylic acids is 1. The van der Waals surface area contributed by atoms with Crippen molar-refractivity contribution in [3.8, 4) is 22.8 Å². The second-order valence-electron chi connectivity index (χ2n) is 3.90. The molecule has 0 unspecified atom stereocenters. The van der Waals surface area contributed by atoms with Crippen LogP contribution in [0.4, 0.5) is 0 Å². The van der Waals surface area contributed by atoms with E-state index >= 15 is 0 Å². The van der Waals surface area contributed by atoms with Crippen molar-refractivity contribution >= 4 is 5.97 Å². The molecule has 0 atom stereocenters. The van der Waals surface area contributed by atoms with Gasteiger partial charge in [0.15, 0.2) is 0 Å². The van der Waals surface area contributed by atoms with Gasteiger partial charge in [0.25, 0.3) is 0 Å². The Morgan fingerprint density at radius 2 is 2.05 bits per heavy atom. The Balaban J connectivity index is 2.65. The third-order valence-corrected chi connectivity index (χ3v) is 2.83. The Hall–Kier alpha value is -2.50. The highest BCUT2D eigenvalue weighted by atomic mass is 16.5. The van der Waals surface area contributed by atoms with Crippen LogP contribution in [0.15, 0.2) is 24.4 Å². The Morgan fingerprint density at radius 3 is 2.63 bits per heavy atom. The van der Waals surface area contributed by atoms with Crippen LogP contribution in [0, 0.1) is 0 Å². The van der Waals surface area contributed by atoms with Crippen LogP contribution in [-0.2, 0) is 7.05 Å². The maximum absolute atomic E-state index is 11.2. The molecule has 1 aromatic heterocycles. The van der Waals surface area contributed by atoms with Crippen LogP contribution in [0.5, 0.6) is 11.5 Å². The molecule has 1 N–H and O–H groups in total. The van der Waals surface area contributed by atoms with Crippen molar-refractivity contribution in [2.24, 2.45) is 7.05 Å². The second-order valence-corrected chi connectivity index (χ2v) is 3.90. The molecule has 0 radical (unpaired) electrons. The van der Waals surface area contributed by atoms with E-state index in [4.69, 9.17) is 9.47 Å². The largest absolute Gasteiger partial charge is 0.497 e. The van der Waals surface area contributed by atoms with E-state index in [2.05, 4.69) is 5.10 Å². The van der Waals surface area contributed by atoms with Gasteiger partial charge in [-0.25, -0.2) is 4.79 Å². The number of ether oxygens (including phenoxy) is 2. The number of hydrogen-bond acceptors (Lipinski definition) is 4. The third-order valence-electron chi connectivity index (χ3n) is 2.83. The quantitative estimate of drug-likeness (QED) is 0.909. The molecular weight excluding hydrogens is 248 g/mol. The molecule has 0 saturated heterocycles. The fraction of sp³-hybridized carbons (Fsp3) is 0.231. The van der Waals surface area contributed by atoms with Crippen LogP contribution in [0.3, 0.4) is 0 Å². The van der Waals surface area contributed by atoms with E-state index in [0.717, 1.165) is 0 Å². The maximum Gasteiger partial charge on any atom is 0.339 e. The van der Waals surface area contributed by atoms with E-state index in [1.54, 1.807) is 32.4 Å². The zero-order chi connectivity index (χ0) is 14.0. The lowest BCUT2D eigenvalue weighted by molar-refractivity contribution is 0.0697. The predicted molar refractivity (Wildman–Crippen MR) is 68.7 cm³/mol. The van der Waals surface area contributed by atoms with Gasteiger partial charge in [-0.05, 0) is 12.1 Å². The summed E-state index contributed by atoms with van der Waals surface area (Å²) in [7, 11) is 4.77. The monoisotopic (exact) mass is 262 g/mol. The fourth-order valence-electron chi connectivity index (χ4n) is 1.91. The zero-order valence-corrected chi connectivity index (χ0v) is 10.9. The maximum atomic E-state index is 11.2. The van der Waals surface area contributed by atoms with Crippen molar-refractivity contribution in [3.63, 3.8) is 0 Å². The normalized spacial score (nSPS) is 10.3. The number of aromatic nitrogens is 2. The number of methoxy groups -OCH3 is 2. The summed E-state index contributed by atoms with van der Waals surface area (Å²) in [5.41, 5.74) is 1.28. The number of hydrogen-bond donors (Lipinski definition) is 1. The van der Waals surface area contributed by atoms with Gasteiger partial charge in [-0.1, -0.05) is 0 Å². The van der Waals surface area contributed by atoms with Crippen LogP contribution in [0.1, 0.15) is 10.4 Å². The van der Waals surface area contributed by atoms with Gasteiger partial charge in [-0.15, -0.1) is 0 Å². The molecule has 6 heteroatoms. The van der Waals surface area contributed by atoms with Gasteiger partial charge in [-0.3, -0.25) is 4.68 Å². The van der Waals surface area contributed by atoms with E-state index < -0.39 is 5.97 Å². The number of rotatable bonds is 4. The van der Waals surface area contributed by atoms with Gasteiger partial charge >= 0.3 is 5.97 Å². The Kier molecular flexibility index (Phi) is 3.41. The lowest BCUT2D eigenvalue weighted by Crippen LogP contribution is -2.02. The van der Waals surface area contributed by atoms with Gasteiger partial charge in [0.05, 0.1) is 26.1 Å². The minimum absolute atomic E-state index is 0.131. The van der Waals surface area contributed by atoms with Gasteiger partial charge in [0.1, 0.15) is 17.1 Å². The van der Waals surface area contributed by atoms with Gasteiger partial charge in [0.2, 0.25) is 0 Å². The molecule has 0 fully saturated rings. The highest BCUT2D eigenvalue weighted by Gasteiger charge is 2.20. The number of nitrogens with zero attached hydrogens (tertiary/aromatic N) is 2. The summed E-state index contributed by atoms with van der Waals surface area (Å²) in [5, 5.41) is 13.2. The average molecular weight is 262 g/mol. The first-order chi connectivity index (χ1) is 9.08. The fourth-order valence-corrected chi connectivity index (χ4v) is 1.91. The first-order valence-corrected chi connectivity index (χ1v) is 5.56. The minimum Gasteiger partial charge on any atom is -0.497 e. The average Bonchev–Trinajstić information content (AvgIpc) is 2.80. The molecule has 0 aliphatic carbocycles. The Morgan fingerprint density at radius 1 is 1.32 bits per heavy atom. The smallest absolute Gasteiger partial charge is 0.339 e. The van der Waals surface area contributed by atoms with Crippen LogP contribution < -0.4 is 9.47 Å². The third kappa shape index (κ3) is 2.24. The SMILES string of the molecule is COc1ccc(-c2c(C(=O)O)cnn2C)c(OC)c1. The summed E-state index contributed by atoms with van der Waals surface area (Å²) in [5.74, 6) is 0.145. The van der Waals surface area contributed by atoms with Crippen LogP contribution in [0.2, 0.25) is 0 Å².